The number of esters is 1. The molecule has 23 heavy (non-hydrogen) atoms. The first-order valence-electron chi connectivity index (χ1n) is 7.03. The van der Waals surface area contributed by atoms with Gasteiger partial charge in [-0.15, -0.1) is 0 Å². The second-order valence-electron chi connectivity index (χ2n) is 5.17. The first-order chi connectivity index (χ1) is 10.9. The number of amides is 1. The van der Waals surface area contributed by atoms with E-state index in [0.717, 1.165) is 7.11 Å². The largest absolute Gasteiger partial charge is 0.465 e. The number of methoxy groups -OCH3 is 1. The highest BCUT2D eigenvalue weighted by molar-refractivity contribution is 5.94. The van der Waals surface area contributed by atoms with Crippen LogP contribution in [0.3, 0.4) is 0 Å². The maximum absolute atomic E-state index is 11.5. The molecule has 0 bridgehead atoms. The van der Waals surface area contributed by atoms with Gasteiger partial charge in [0.15, 0.2) is 0 Å². The topological polar surface area (TPSA) is 122 Å². The maximum atomic E-state index is 11.5. The Morgan fingerprint density at radius 1 is 1.39 bits per heavy atom. The van der Waals surface area contributed by atoms with Crippen LogP contribution in [-0.2, 0) is 4.74 Å². The highest BCUT2D eigenvalue weighted by Crippen LogP contribution is 2.25. The lowest BCUT2D eigenvalue weighted by Gasteiger charge is -2.31. The first-order valence-corrected chi connectivity index (χ1v) is 7.03. The molecule has 0 saturated carbocycles. The molecule has 9 heteroatoms. The zero-order valence-corrected chi connectivity index (χ0v) is 12.5. The molecule has 0 aromatic heterocycles. The van der Waals surface area contributed by atoms with Gasteiger partial charge in [0.2, 0.25) is 0 Å². The summed E-state index contributed by atoms with van der Waals surface area (Å²) in [5, 5.41) is 23.2. The van der Waals surface area contributed by atoms with Crippen molar-refractivity contribution < 1.29 is 24.4 Å². The van der Waals surface area contributed by atoms with Gasteiger partial charge in [0, 0.05) is 30.9 Å². The van der Waals surface area contributed by atoms with E-state index in [0.29, 0.717) is 31.6 Å². The SMILES string of the molecule is COC(=O)c1ccc(NC2CCN(C(=O)O)CC2)cc1[N+](=O)[O-]. The highest BCUT2D eigenvalue weighted by Gasteiger charge is 2.24. The third-order valence-electron chi connectivity index (χ3n) is 3.74. The van der Waals surface area contributed by atoms with Gasteiger partial charge in [0.05, 0.1) is 12.0 Å². The van der Waals surface area contributed by atoms with Crippen LogP contribution in [0.1, 0.15) is 23.2 Å². The Balaban J connectivity index is 2.09. The monoisotopic (exact) mass is 323 g/mol. The number of piperidine rings is 1. The molecule has 1 amide bonds. The van der Waals surface area contributed by atoms with Crippen molar-refractivity contribution in [3.8, 4) is 0 Å². The van der Waals surface area contributed by atoms with Crippen molar-refractivity contribution in [1.82, 2.24) is 4.90 Å². The number of anilines is 1. The van der Waals surface area contributed by atoms with Crippen molar-refractivity contribution >= 4 is 23.4 Å². The fraction of sp³-hybridized carbons (Fsp3) is 0.429. The third-order valence-corrected chi connectivity index (χ3v) is 3.74. The fourth-order valence-electron chi connectivity index (χ4n) is 2.51. The van der Waals surface area contributed by atoms with Gasteiger partial charge in [-0.05, 0) is 25.0 Å². The maximum Gasteiger partial charge on any atom is 0.407 e. The summed E-state index contributed by atoms with van der Waals surface area (Å²) >= 11 is 0. The molecule has 2 rings (SSSR count). The number of hydrogen-bond acceptors (Lipinski definition) is 6. The van der Waals surface area contributed by atoms with E-state index in [1.165, 1.54) is 17.0 Å². The molecule has 1 saturated heterocycles. The molecule has 0 unspecified atom stereocenters. The van der Waals surface area contributed by atoms with Crippen LogP contribution in [-0.4, -0.2) is 53.2 Å². The van der Waals surface area contributed by atoms with E-state index in [1.807, 2.05) is 0 Å². The quantitative estimate of drug-likeness (QED) is 0.493. The summed E-state index contributed by atoms with van der Waals surface area (Å²) < 4.78 is 4.53. The van der Waals surface area contributed by atoms with E-state index in [4.69, 9.17) is 5.11 Å². The molecule has 1 fully saturated rings. The predicted octanol–water partition coefficient (Wildman–Crippen LogP) is 1.94. The average Bonchev–Trinajstić information content (AvgIpc) is 2.54. The molecule has 1 heterocycles. The number of carbonyl (C=O) groups is 2. The standard InChI is InChI=1S/C14H17N3O6/c1-23-13(18)11-3-2-10(8-12(11)17(21)22)15-9-4-6-16(7-5-9)14(19)20/h2-3,8-9,15H,4-7H2,1H3,(H,19,20). The van der Waals surface area contributed by atoms with Gasteiger partial charge in [0.25, 0.3) is 5.69 Å². The van der Waals surface area contributed by atoms with Crippen LogP contribution in [0.2, 0.25) is 0 Å². The zero-order chi connectivity index (χ0) is 17.0. The van der Waals surface area contributed by atoms with E-state index < -0.39 is 17.0 Å². The van der Waals surface area contributed by atoms with Crippen molar-refractivity contribution in [1.29, 1.82) is 0 Å². The van der Waals surface area contributed by atoms with E-state index in [1.54, 1.807) is 6.07 Å². The minimum Gasteiger partial charge on any atom is -0.465 e. The molecule has 124 valence electrons. The van der Waals surface area contributed by atoms with Crippen molar-refractivity contribution in [3.63, 3.8) is 0 Å². The molecule has 0 atom stereocenters. The number of nitrogens with zero attached hydrogens (tertiary/aromatic N) is 2. The van der Waals surface area contributed by atoms with E-state index >= 15 is 0 Å². The van der Waals surface area contributed by atoms with Gasteiger partial charge >= 0.3 is 12.1 Å². The number of likely N-dealkylation sites (tertiary alicyclic amines) is 1. The second kappa shape index (κ2) is 6.95. The van der Waals surface area contributed by atoms with Gasteiger partial charge < -0.3 is 20.1 Å². The molecule has 0 spiro atoms. The lowest BCUT2D eigenvalue weighted by atomic mass is 10.0. The predicted molar refractivity (Wildman–Crippen MR) is 80.7 cm³/mol. The zero-order valence-electron chi connectivity index (χ0n) is 12.5. The number of hydrogen-bond donors (Lipinski definition) is 2. The summed E-state index contributed by atoms with van der Waals surface area (Å²) in [6, 6.07) is 4.23. The number of carboxylic acid groups (broad SMARTS) is 1. The Kier molecular flexibility index (Phi) is 4.99. The third kappa shape index (κ3) is 3.87. The Labute approximate surface area is 132 Å². The van der Waals surface area contributed by atoms with Crippen molar-refractivity contribution in [2.24, 2.45) is 0 Å². The Hall–Kier alpha value is -2.84. The summed E-state index contributed by atoms with van der Waals surface area (Å²) in [4.78, 5) is 34.2. The molecule has 9 nitrogen and oxygen atoms in total. The molecule has 1 aliphatic heterocycles. The van der Waals surface area contributed by atoms with Gasteiger partial charge in [-0.2, -0.15) is 0 Å². The number of rotatable bonds is 4. The second-order valence-corrected chi connectivity index (χ2v) is 5.17. The van der Waals surface area contributed by atoms with Crippen LogP contribution in [0, 0.1) is 10.1 Å². The van der Waals surface area contributed by atoms with Crippen LogP contribution in [0.4, 0.5) is 16.2 Å². The Morgan fingerprint density at radius 2 is 2.04 bits per heavy atom. The molecule has 1 aliphatic rings. The molecule has 2 N–H and O–H groups in total. The van der Waals surface area contributed by atoms with E-state index in [-0.39, 0.29) is 17.3 Å². The molecule has 0 radical (unpaired) electrons. The number of nitrogens with one attached hydrogen (secondary N) is 1. The van der Waals surface area contributed by atoms with Crippen molar-refractivity contribution in [2.75, 3.05) is 25.5 Å². The average molecular weight is 323 g/mol. The lowest BCUT2D eigenvalue weighted by molar-refractivity contribution is -0.385. The Bertz CT molecular complexity index is 625. The molecule has 1 aromatic rings. The summed E-state index contributed by atoms with van der Waals surface area (Å²) in [6.45, 7) is 0.824. The smallest absolute Gasteiger partial charge is 0.407 e. The van der Waals surface area contributed by atoms with Crippen LogP contribution < -0.4 is 5.32 Å². The molecular weight excluding hydrogens is 306 g/mol. The van der Waals surface area contributed by atoms with Crippen LogP contribution in [0.25, 0.3) is 0 Å². The first kappa shape index (κ1) is 16.5. The normalized spacial score (nSPS) is 15.1. The van der Waals surface area contributed by atoms with Gasteiger partial charge in [0.1, 0.15) is 5.56 Å². The molecule has 1 aromatic carbocycles. The summed E-state index contributed by atoms with van der Waals surface area (Å²) in [6.07, 6.45) is 0.277. The summed E-state index contributed by atoms with van der Waals surface area (Å²) in [5.74, 6) is -0.766. The van der Waals surface area contributed by atoms with Gasteiger partial charge in [-0.3, -0.25) is 10.1 Å². The fourth-order valence-corrected chi connectivity index (χ4v) is 2.51. The van der Waals surface area contributed by atoms with Crippen molar-refractivity contribution in [3.05, 3.63) is 33.9 Å². The number of ether oxygens (including phenoxy) is 1. The minimum absolute atomic E-state index is 0.0224. The highest BCUT2D eigenvalue weighted by atomic mass is 16.6. The number of nitro groups is 1. The molecular formula is C14H17N3O6. The van der Waals surface area contributed by atoms with Crippen LogP contribution >= 0.6 is 0 Å². The van der Waals surface area contributed by atoms with E-state index in [2.05, 4.69) is 10.1 Å². The summed E-state index contributed by atoms with van der Waals surface area (Å²) in [5.41, 5.74) is 0.0756. The van der Waals surface area contributed by atoms with Crippen molar-refractivity contribution in [2.45, 2.75) is 18.9 Å². The van der Waals surface area contributed by atoms with Gasteiger partial charge in [-0.25, -0.2) is 9.59 Å². The number of benzene rings is 1. The minimum atomic E-state index is -0.943. The lowest BCUT2D eigenvalue weighted by Crippen LogP contribution is -2.41. The number of nitro benzene ring substituents is 1. The molecule has 0 aliphatic carbocycles. The summed E-state index contributed by atoms with van der Waals surface area (Å²) in [7, 11) is 1.16. The van der Waals surface area contributed by atoms with Crippen LogP contribution in [0.5, 0.6) is 0 Å². The number of carbonyl (C=O) groups excluding carboxylic acids is 1. The Morgan fingerprint density at radius 3 is 2.57 bits per heavy atom. The van der Waals surface area contributed by atoms with Crippen LogP contribution in [0.15, 0.2) is 18.2 Å². The van der Waals surface area contributed by atoms with Gasteiger partial charge in [-0.1, -0.05) is 0 Å². The van der Waals surface area contributed by atoms with E-state index in [9.17, 15) is 19.7 Å².